The number of anilines is 1. The summed E-state index contributed by atoms with van der Waals surface area (Å²) in [5, 5.41) is 3.15. The van der Waals surface area contributed by atoms with Gasteiger partial charge in [0.2, 0.25) is 11.8 Å². The van der Waals surface area contributed by atoms with Crippen LogP contribution in [0.25, 0.3) is 6.08 Å². The monoisotopic (exact) mass is 475 g/mol. The van der Waals surface area contributed by atoms with Crippen molar-refractivity contribution in [3.63, 3.8) is 0 Å². The lowest BCUT2D eigenvalue weighted by Crippen LogP contribution is -2.50. The second kappa shape index (κ2) is 11.7. The van der Waals surface area contributed by atoms with E-state index in [1.165, 1.54) is 37.5 Å². The number of halogens is 2. The molecule has 2 aromatic rings. The normalized spacial score (nSPS) is 14.4. The molecule has 1 N–H and O–H groups in total. The van der Waals surface area contributed by atoms with E-state index in [9.17, 15) is 14.0 Å². The molecule has 33 heavy (non-hydrogen) atoms. The summed E-state index contributed by atoms with van der Waals surface area (Å²) in [6, 6.07) is 9.11. The fourth-order valence-corrected chi connectivity index (χ4v) is 3.78. The summed E-state index contributed by atoms with van der Waals surface area (Å²) in [6.45, 7) is 4.73. The van der Waals surface area contributed by atoms with Crippen LogP contribution in [-0.2, 0) is 9.59 Å². The highest BCUT2D eigenvalue weighted by Gasteiger charge is 2.21. The average molecular weight is 476 g/mol. The van der Waals surface area contributed by atoms with Crippen LogP contribution < -0.4 is 14.8 Å². The number of hydrogen-bond acceptors (Lipinski definition) is 5. The second-order valence-corrected chi connectivity index (χ2v) is 7.86. The van der Waals surface area contributed by atoms with Crippen LogP contribution in [0.5, 0.6) is 11.5 Å². The molecule has 2 amide bonds. The largest absolute Gasteiger partial charge is 0.491 e. The quantitative estimate of drug-likeness (QED) is 0.590. The first kappa shape index (κ1) is 24.5. The Kier molecular flexibility index (Phi) is 8.68. The van der Waals surface area contributed by atoms with E-state index in [4.69, 9.17) is 21.1 Å². The molecule has 0 atom stereocenters. The molecular formula is C24H27ClFN3O4. The lowest BCUT2D eigenvalue weighted by atomic mass is 10.1. The van der Waals surface area contributed by atoms with Crippen molar-refractivity contribution in [2.45, 2.75) is 6.92 Å². The second-order valence-electron chi connectivity index (χ2n) is 7.46. The number of benzene rings is 2. The van der Waals surface area contributed by atoms with Crippen molar-refractivity contribution < 1.29 is 23.5 Å². The van der Waals surface area contributed by atoms with E-state index >= 15 is 0 Å². The average Bonchev–Trinajstić information content (AvgIpc) is 2.79. The van der Waals surface area contributed by atoms with Gasteiger partial charge in [0.1, 0.15) is 5.82 Å². The molecule has 176 valence electrons. The molecule has 0 saturated carbocycles. The first-order valence-electron chi connectivity index (χ1n) is 10.6. The fourth-order valence-electron chi connectivity index (χ4n) is 3.48. The summed E-state index contributed by atoms with van der Waals surface area (Å²) in [6.07, 6.45) is 3.20. The third-order valence-electron chi connectivity index (χ3n) is 5.13. The van der Waals surface area contributed by atoms with Crippen LogP contribution in [0.3, 0.4) is 0 Å². The van der Waals surface area contributed by atoms with Crippen LogP contribution in [0.4, 0.5) is 10.1 Å². The minimum atomic E-state index is -0.354. The maximum Gasteiger partial charge on any atom is 0.246 e. The Morgan fingerprint density at radius 1 is 1.15 bits per heavy atom. The van der Waals surface area contributed by atoms with Crippen molar-refractivity contribution >= 4 is 35.2 Å². The van der Waals surface area contributed by atoms with Gasteiger partial charge in [0, 0.05) is 37.9 Å². The van der Waals surface area contributed by atoms with Gasteiger partial charge in [0.05, 0.1) is 25.3 Å². The van der Waals surface area contributed by atoms with Gasteiger partial charge in [-0.3, -0.25) is 14.5 Å². The molecule has 0 unspecified atom stereocenters. The van der Waals surface area contributed by atoms with Gasteiger partial charge in [-0.1, -0.05) is 11.6 Å². The molecule has 7 nitrogen and oxygen atoms in total. The van der Waals surface area contributed by atoms with E-state index in [0.29, 0.717) is 55.0 Å². The highest BCUT2D eigenvalue weighted by Crippen LogP contribution is 2.36. The SMILES string of the molecule is CCOc1cc(/C=C/C(=O)N2CCN(CC(=O)Nc3ccc(F)cc3)CC2)cc(Cl)c1OC. The zero-order chi connectivity index (χ0) is 23.8. The van der Waals surface area contributed by atoms with Crippen LogP contribution >= 0.6 is 11.6 Å². The lowest BCUT2D eigenvalue weighted by molar-refractivity contribution is -0.127. The van der Waals surface area contributed by atoms with Crippen molar-refractivity contribution in [3.05, 3.63) is 58.9 Å². The Morgan fingerprint density at radius 3 is 2.48 bits per heavy atom. The molecule has 1 aliphatic rings. The summed E-state index contributed by atoms with van der Waals surface area (Å²) in [5.74, 6) is 0.333. The van der Waals surface area contributed by atoms with Gasteiger partial charge in [-0.15, -0.1) is 0 Å². The first-order valence-corrected chi connectivity index (χ1v) is 11.0. The highest BCUT2D eigenvalue weighted by atomic mass is 35.5. The maximum atomic E-state index is 13.0. The summed E-state index contributed by atoms with van der Waals surface area (Å²) < 4.78 is 23.8. The van der Waals surface area contributed by atoms with Gasteiger partial charge >= 0.3 is 0 Å². The molecule has 0 bridgehead atoms. The predicted molar refractivity (Wildman–Crippen MR) is 126 cm³/mol. The Morgan fingerprint density at radius 2 is 1.85 bits per heavy atom. The zero-order valence-electron chi connectivity index (χ0n) is 18.6. The number of nitrogens with one attached hydrogen (secondary N) is 1. The standard InChI is InChI=1S/C24H27ClFN3O4/c1-3-33-21-15-17(14-20(25)24(21)32-2)4-9-23(31)29-12-10-28(11-13-29)16-22(30)27-19-7-5-18(26)6-8-19/h4-9,14-15H,3,10-13,16H2,1-2H3,(H,27,30)/b9-4+. The summed E-state index contributed by atoms with van der Waals surface area (Å²) >= 11 is 6.26. The molecule has 0 aliphatic carbocycles. The minimum absolute atomic E-state index is 0.115. The van der Waals surface area contributed by atoms with Gasteiger partial charge in [-0.05, 0) is 55.0 Å². The molecule has 1 heterocycles. The Bertz CT molecular complexity index is 1010. The minimum Gasteiger partial charge on any atom is -0.491 e. The van der Waals surface area contributed by atoms with E-state index in [0.717, 1.165) is 5.56 Å². The van der Waals surface area contributed by atoms with Crippen molar-refractivity contribution in [2.24, 2.45) is 0 Å². The molecule has 0 spiro atoms. The topological polar surface area (TPSA) is 71.1 Å². The van der Waals surface area contributed by atoms with Crippen molar-refractivity contribution in [2.75, 3.05) is 51.8 Å². The van der Waals surface area contributed by atoms with Crippen LogP contribution in [0.15, 0.2) is 42.5 Å². The lowest BCUT2D eigenvalue weighted by Gasteiger charge is -2.33. The number of nitrogens with zero attached hydrogens (tertiary/aromatic N) is 2. The molecule has 3 rings (SSSR count). The van der Waals surface area contributed by atoms with E-state index in [-0.39, 0.29) is 24.2 Å². The molecule has 0 radical (unpaired) electrons. The van der Waals surface area contributed by atoms with E-state index in [1.807, 2.05) is 11.8 Å². The van der Waals surface area contributed by atoms with Crippen molar-refractivity contribution in [1.82, 2.24) is 9.80 Å². The molecule has 1 aliphatic heterocycles. The number of carbonyl (C=O) groups excluding carboxylic acids is 2. The number of amides is 2. The maximum absolute atomic E-state index is 13.0. The first-order chi connectivity index (χ1) is 15.9. The van der Waals surface area contributed by atoms with Gasteiger partial charge in [-0.2, -0.15) is 0 Å². The summed E-state index contributed by atoms with van der Waals surface area (Å²) in [5.41, 5.74) is 1.28. The molecule has 1 fully saturated rings. The summed E-state index contributed by atoms with van der Waals surface area (Å²) in [7, 11) is 1.52. The number of rotatable bonds is 8. The number of piperazine rings is 1. The van der Waals surface area contributed by atoms with E-state index < -0.39 is 0 Å². The number of hydrogen-bond donors (Lipinski definition) is 1. The van der Waals surface area contributed by atoms with Crippen LogP contribution in [-0.4, -0.2) is 68.1 Å². The van der Waals surface area contributed by atoms with Gasteiger partial charge in [-0.25, -0.2) is 4.39 Å². The molecule has 1 saturated heterocycles. The van der Waals surface area contributed by atoms with E-state index in [1.54, 1.807) is 23.1 Å². The molecular weight excluding hydrogens is 449 g/mol. The smallest absolute Gasteiger partial charge is 0.246 e. The van der Waals surface area contributed by atoms with E-state index in [2.05, 4.69) is 5.32 Å². The van der Waals surface area contributed by atoms with Crippen LogP contribution in [0, 0.1) is 5.82 Å². The Hall–Kier alpha value is -3.10. The van der Waals surface area contributed by atoms with Gasteiger partial charge in [0.25, 0.3) is 0 Å². The Balaban J connectivity index is 1.50. The fraction of sp³-hybridized carbons (Fsp3) is 0.333. The third kappa shape index (κ3) is 6.94. The predicted octanol–water partition coefficient (Wildman–Crippen LogP) is 3.68. The zero-order valence-corrected chi connectivity index (χ0v) is 19.4. The molecule has 0 aromatic heterocycles. The number of methoxy groups -OCH3 is 1. The Labute approximate surface area is 197 Å². The third-order valence-corrected chi connectivity index (χ3v) is 5.41. The molecule has 9 heteroatoms. The van der Waals surface area contributed by atoms with Crippen LogP contribution in [0.1, 0.15) is 12.5 Å². The number of ether oxygens (including phenoxy) is 2. The molecule has 2 aromatic carbocycles. The van der Waals surface area contributed by atoms with Gasteiger partial charge < -0.3 is 19.7 Å². The summed E-state index contributed by atoms with van der Waals surface area (Å²) in [4.78, 5) is 28.5. The van der Waals surface area contributed by atoms with Crippen molar-refractivity contribution in [3.8, 4) is 11.5 Å². The van der Waals surface area contributed by atoms with Gasteiger partial charge in [0.15, 0.2) is 11.5 Å². The highest BCUT2D eigenvalue weighted by molar-refractivity contribution is 6.32. The van der Waals surface area contributed by atoms with Crippen LogP contribution in [0.2, 0.25) is 5.02 Å². The van der Waals surface area contributed by atoms with Crippen molar-refractivity contribution in [1.29, 1.82) is 0 Å². The number of carbonyl (C=O) groups is 2.